The van der Waals surface area contributed by atoms with Crippen molar-refractivity contribution in [3.63, 3.8) is 0 Å². The van der Waals surface area contributed by atoms with E-state index in [-0.39, 0.29) is 12.1 Å². The maximum absolute atomic E-state index is 13.0. The van der Waals surface area contributed by atoms with Gasteiger partial charge in [0.2, 0.25) is 0 Å². The van der Waals surface area contributed by atoms with Gasteiger partial charge in [0.25, 0.3) is 0 Å². The Bertz CT molecular complexity index is 1180. The van der Waals surface area contributed by atoms with Gasteiger partial charge in [0.1, 0.15) is 5.60 Å². The summed E-state index contributed by atoms with van der Waals surface area (Å²) in [5.74, 6) is 1.12. The topological polar surface area (TPSA) is 60.9 Å². The number of carbonyl (C=O) groups excluding carboxylic acids is 1. The molecule has 0 radical (unpaired) electrons. The Labute approximate surface area is 214 Å². The fraction of sp³-hybridized carbons (Fsp3) is 0.400. The van der Waals surface area contributed by atoms with Crippen LogP contribution in [-0.4, -0.2) is 29.8 Å². The number of methoxy groups -OCH3 is 1. The normalized spacial score (nSPS) is 13.9. The first-order valence-corrected chi connectivity index (χ1v) is 12.6. The molecule has 6 nitrogen and oxygen atoms in total. The van der Waals surface area contributed by atoms with E-state index in [1.807, 2.05) is 82.4 Å². The number of hydrogen-bond donors (Lipinski definition) is 0. The van der Waals surface area contributed by atoms with Crippen molar-refractivity contribution < 1.29 is 19.0 Å². The van der Waals surface area contributed by atoms with Crippen LogP contribution in [0, 0.1) is 6.92 Å². The lowest BCUT2D eigenvalue weighted by atomic mass is 10.1. The van der Waals surface area contributed by atoms with E-state index >= 15 is 0 Å². The summed E-state index contributed by atoms with van der Waals surface area (Å²) in [4.78, 5) is 19.4. The minimum Gasteiger partial charge on any atom is -0.493 e. The zero-order valence-corrected chi connectivity index (χ0v) is 21.9. The summed E-state index contributed by atoms with van der Waals surface area (Å²) >= 11 is 0. The number of ether oxygens (including phenoxy) is 3. The van der Waals surface area contributed by atoms with E-state index < -0.39 is 5.60 Å². The first-order chi connectivity index (χ1) is 17.2. The van der Waals surface area contributed by atoms with E-state index in [1.54, 1.807) is 13.3 Å². The number of pyridine rings is 1. The van der Waals surface area contributed by atoms with Gasteiger partial charge in [-0.05, 0) is 94.8 Å². The van der Waals surface area contributed by atoms with Gasteiger partial charge < -0.3 is 19.1 Å². The summed E-state index contributed by atoms with van der Waals surface area (Å²) in [5.41, 5.74) is 3.71. The van der Waals surface area contributed by atoms with Gasteiger partial charge in [-0.3, -0.25) is 4.98 Å². The minimum absolute atomic E-state index is 0.207. The third-order valence-electron chi connectivity index (χ3n) is 6.27. The molecule has 0 N–H and O–H groups in total. The van der Waals surface area contributed by atoms with Gasteiger partial charge in [0.05, 0.1) is 18.8 Å². The summed E-state index contributed by atoms with van der Waals surface area (Å²) in [6, 6.07) is 15.9. The van der Waals surface area contributed by atoms with Crippen molar-refractivity contribution in [3.05, 3.63) is 77.6 Å². The monoisotopic (exact) mass is 488 g/mol. The lowest BCUT2D eigenvalue weighted by Crippen LogP contribution is -2.25. The minimum atomic E-state index is -0.572. The molecule has 0 amide bonds. The summed E-state index contributed by atoms with van der Waals surface area (Å²) in [6.07, 6.45) is 8.33. The second kappa shape index (κ2) is 11.0. The molecule has 0 atom stereocenters. The number of carbonyl (C=O) groups is 1. The number of rotatable bonds is 8. The smallest absolute Gasteiger partial charge is 0.338 e. The molecule has 1 heterocycles. The van der Waals surface area contributed by atoms with Crippen LogP contribution in [-0.2, 0) is 11.3 Å². The van der Waals surface area contributed by atoms with E-state index in [0.29, 0.717) is 17.9 Å². The molecule has 6 heteroatoms. The number of esters is 1. The number of aromatic nitrogens is 1. The van der Waals surface area contributed by atoms with Gasteiger partial charge in [-0.2, -0.15) is 0 Å². The fourth-order valence-corrected chi connectivity index (χ4v) is 4.45. The second-order valence-electron chi connectivity index (χ2n) is 10.3. The van der Waals surface area contributed by atoms with Crippen molar-refractivity contribution in [2.24, 2.45) is 0 Å². The summed E-state index contributed by atoms with van der Waals surface area (Å²) in [6.45, 7) is 8.13. The van der Waals surface area contributed by atoms with Crippen LogP contribution < -0.4 is 14.4 Å². The Hall–Kier alpha value is -3.54. The van der Waals surface area contributed by atoms with Crippen molar-refractivity contribution >= 4 is 17.3 Å². The number of aryl methyl sites for hydroxylation is 1. The van der Waals surface area contributed by atoms with Crippen molar-refractivity contribution in [3.8, 4) is 11.5 Å². The van der Waals surface area contributed by atoms with Crippen molar-refractivity contribution in [1.29, 1.82) is 0 Å². The second-order valence-corrected chi connectivity index (χ2v) is 10.3. The predicted molar refractivity (Wildman–Crippen MR) is 142 cm³/mol. The van der Waals surface area contributed by atoms with Crippen LogP contribution in [0.1, 0.15) is 67.9 Å². The zero-order chi connectivity index (χ0) is 25.7. The Balaban J connectivity index is 1.75. The molecule has 1 fully saturated rings. The van der Waals surface area contributed by atoms with Crippen LogP contribution in [0.4, 0.5) is 11.4 Å². The molecule has 36 heavy (non-hydrogen) atoms. The van der Waals surface area contributed by atoms with Crippen LogP contribution >= 0.6 is 0 Å². The SMILES string of the molecule is COc1ccc(N(Cc2cccnc2)c2ccc(C)c(C(=O)OC(C)(C)C)c2)cc1OC1CCCC1. The van der Waals surface area contributed by atoms with E-state index in [0.717, 1.165) is 41.1 Å². The molecule has 190 valence electrons. The lowest BCUT2D eigenvalue weighted by Gasteiger charge is -2.28. The maximum atomic E-state index is 13.0. The standard InChI is InChI=1S/C30H36N2O4/c1-21-12-13-23(17-26(21)29(33)36-30(2,3)4)32(20-22-9-8-16-31-19-22)24-14-15-27(34-5)28(18-24)35-25-10-6-7-11-25/h8-9,12-19,25H,6-7,10-11,20H2,1-5H3. The van der Waals surface area contributed by atoms with Crippen LogP contribution in [0.5, 0.6) is 11.5 Å². The van der Waals surface area contributed by atoms with E-state index in [4.69, 9.17) is 14.2 Å². The van der Waals surface area contributed by atoms with Gasteiger partial charge >= 0.3 is 5.97 Å². The highest BCUT2D eigenvalue weighted by Crippen LogP contribution is 2.38. The number of anilines is 2. The Morgan fingerprint density at radius 1 is 1.03 bits per heavy atom. The molecule has 3 aromatic rings. The zero-order valence-electron chi connectivity index (χ0n) is 21.9. The average Bonchev–Trinajstić information content (AvgIpc) is 3.36. The Morgan fingerprint density at radius 3 is 2.42 bits per heavy atom. The molecular formula is C30H36N2O4. The van der Waals surface area contributed by atoms with Crippen molar-refractivity contribution in [2.45, 2.75) is 71.6 Å². The van der Waals surface area contributed by atoms with E-state index in [9.17, 15) is 4.79 Å². The first kappa shape index (κ1) is 25.5. The molecule has 0 aliphatic heterocycles. The molecule has 1 aliphatic rings. The molecule has 1 saturated carbocycles. The molecule has 0 bridgehead atoms. The van der Waals surface area contributed by atoms with Crippen molar-refractivity contribution in [1.82, 2.24) is 4.98 Å². The van der Waals surface area contributed by atoms with E-state index in [2.05, 4.69) is 9.88 Å². The third-order valence-corrected chi connectivity index (χ3v) is 6.27. The van der Waals surface area contributed by atoms with Crippen LogP contribution in [0.25, 0.3) is 0 Å². The van der Waals surface area contributed by atoms with Crippen molar-refractivity contribution in [2.75, 3.05) is 12.0 Å². The van der Waals surface area contributed by atoms with Gasteiger partial charge in [-0.1, -0.05) is 12.1 Å². The Morgan fingerprint density at radius 2 is 1.75 bits per heavy atom. The Kier molecular flexibility index (Phi) is 7.82. The van der Waals surface area contributed by atoms with Gasteiger partial charge in [0.15, 0.2) is 11.5 Å². The molecule has 0 spiro atoms. The highest BCUT2D eigenvalue weighted by atomic mass is 16.6. The number of hydrogen-bond acceptors (Lipinski definition) is 6. The first-order valence-electron chi connectivity index (χ1n) is 12.6. The molecular weight excluding hydrogens is 452 g/mol. The molecule has 1 aromatic heterocycles. The third kappa shape index (κ3) is 6.36. The molecule has 2 aromatic carbocycles. The highest BCUT2D eigenvalue weighted by Gasteiger charge is 2.23. The fourth-order valence-electron chi connectivity index (χ4n) is 4.45. The van der Waals surface area contributed by atoms with E-state index in [1.165, 1.54) is 12.8 Å². The molecule has 0 saturated heterocycles. The molecule has 0 unspecified atom stereocenters. The summed E-state index contributed by atoms with van der Waals surface area (Å²) < 4.78 is 17.7. The molecule has 1 aliphatic carbocycles. The van der Waals surface area contributed by atoms with Gasteiger partial charge in [-0.25, -0.2) is 4.79 Å². The quantitative estimate of drug-likeness (QED) is 0.318. The largest absolute Gasteiger partial charge is 0.493 e. The van der Waals surface area contributed by atoms with Crippen LogP contribution in [0.3, 0.4) is 0 Å². The van der Waals surface area contributed by atoms with Crippen LogP contribution in [0.15, 0.2) is 60.9 Å². The summed E-state index contributed by atoms with van der Waals surface area (Å²) in [7, 11) is 1.66. The van der Waals surface area contributed by atoms with Gasteiger partial charge in [-0.15, -0.1) is 0 Å². The molecule has 4 rings (SSSR count). The number of benzene rings is 2. The predicted octanol–water partition coefficient (Wildman–Crippen LogP) is 7.01. The van der Waals surface area contributed by atoms with Crippen LogP contribution in [0.2, 0.25) is 0 Å². The summed E-state index contributed by atoms with van der Waals surface area (Å²) in [5, 5.41) is 0. The average molecular weight is 489 g/mol. The number of nitrogens with zero attached hydrogens (tertiary/aromatic N) is 2. The maximum Gasteiger partial charge on any atom is 0.338 e. The van der Waals surface area contributed by atoms with Gasteiger partial charge in [0, 0.05) is 36.4 Å². The lowest BCUT2D eigenvalue weighted by molar-refractivity contribution is 0.00687. The highest BCUT2D eigenvalue weighted by molar-refractivity contribution is 5.93.